The first-order valence-electron chi connectivity index (χ1n) is 5.12. The zero-order valence-electron chi connectivity index (χ0n) is 9.75. The van der Waals surface area contributed by atoms with Gasteiger partial charge in [0.25, 0.3) is 0 Å². The Kier molecular flexibility index (Phi) is 4.78. The average Bonchev–Trinajstić information content (AvgIpc) is 2.32. The van der Waals surface area contributed by atoms with Crippen molar-refractivity contribution in [3.63, 3.8) is 0 Å². The lowest BCUT2D eigenvalue weighted by molar-refractivity contribution is 0.184. The number of hydrogen-bond acceptors (Lipinski definition) is 2. The molecule has 0 saturated carbocycles. The Morgan fingerprint density at radius 2 is 1.95 bits per heavy atom. The van der Waals surface area contributed by atoms with Gasteiger partial charge >= 0.3 is 6.03 Å². The van der Waals surface area contributed by atoms with Crippen molar-refractivity contribution in [2.75, 3.05) is 5.32 Å². The Hall–Kier alpha value is -2.67. The first-order chi connectivity index (χ1) is 8.63. The van der Waals surface area contributed by atoms with E-state index in [-0.39, 0.29) is 5.48 Å². The van der Waals surface area contributed by atoms with E-state index >= 15 is 0 Å². The third-order valence-corrected chi connectivity index (χ3v) is 2.10. The normalized spacial score (nSPS) is 9.32. The molecule has 0 fully saturated rings. The Labute approximate surface area is 107 Å². The van der Waals surface area contributed by atoms with Crippen molar-refractivity contribution >= 4 is 11.7 Å². The van der Waals surface area contributed by atoms with Crippen molar-refractivity contribution in [2.24, 2.45) is 4.99 Å². The van der Waals surface area contributed by atoms with E-state index in [1.807, 2.05) is 0 Å². The van der Waals surface area contributed by atoms with Gasteiger partial charge in [-0.3, -0.25) is 0 Å². The number of urea groups is 1. The molecule has 0 spiro atoms. The van der Waals surface area contributed by atoms with Gasteiger partial charge < -0.3 is 16.0 Å². The van der Waals surface area contributed by atoms with Gasteiger partial charge in [-0.25, -0.2) is 13.9 Å². The molecule has 2 aromatic rings. The fourth-order valence-corrected chi connectivity index (χ4v) is 1.32. The summed E-state index contributed by atoms with van der Waals surface area (Å²) in [6.07, 6.45) is 2.68. The molecule has 0 aliphatic heterocycles. The molecular formula is C12H12FN3O3. The topological polar surface area (TPSA) is 98.1 Å². The van der Waals surface area contributed by atoms with Crippen molar-refractivity contribution in [3.05, 3.63) is 60.0 Å². The van der Waals surface area contributed by atoms with Crippen LogP contribution in [0.1, 0.15) is 0 Å². The van der Waals surface area contributed by atoms with Gasteiger partial charge in [-0.1, -0.05) is 6.07 Å². The first-order valence-corrected chi connectivity index (χ1v) is 5.12. The van der Waals surface area contributed by atoms with Crippen LogP contribution in [0.25, 0.3) is 0 Å². The van der Waals surface area contributed by atoms with E-state index < -0.39 is 11.8 Å². The minimum Gasteiger partial charge on any atom is -0.429 e. The summed E-state index contributed by atoms with van der Waals surface area (Å²) in [4.78, 5) is 15.2. The molecule has 2 rings (SSSR count). The monoisotopic (exact) mass is 265 g/mol. The zero-order valence-corrected chi connectivity index (χ0v) is 9.75. The number of benzene rings is 1. The number of aromatic nitrogens is 1. The molecule has 0 aliphatic carbocycles. The first kappa shape index (κ1) is 14.4. The highest BCUT2D eigenvalue weighted by atomic mass is 19.1. The van der Waals surface area contributed by atoms with Gasteiger partial charge in [-0.15, -0.1) is 0 Å². The Morgan fingerprint density at radius 3 is 2.58 bits per heavy atom. The minimum absolute atomic E-state index is 0. The van der Waals surface area contributed by atoms with Crippen LogP contribution in [0.5, 0.6) is 0 Å². The molecule has 0 saturated heterocycles. The standard InChI is InChI=1S/C12H10FN3O2.H2O/c13-9-2-1-3-11(8-9)15-12(17)14-10-4-6-16(18)7-5-10;/h1-8,18H,(H,15,17);1H2. The molecule has 2 amide bonds. The molecule has 19 heavy (non-hydrogen) atoms. The van der Waals surface area contributed by atoms with Crippen LogP contribution < -0.4 is 10.7 Å². The predicted octanol–water partition coefficient (Wildman–Crippen LogP) is 1.17. The Morgan fingerprint density at radius 1 is 1.26 bits per heavy atom. The van der Waals surface area contributed by atoms with E-state index in [2.05, 4.69) is 10.3 Å². The summed E-state index contributed by atoms with van der Waals surface area (Å²) in [5, 5.41) is 11.8. The second kappa shape index (κ2) is 6.31. The minimum atomic E-state index is -0.615. The summed E-state index contributed by atoms with van der Waals surface area (Å²) in [6.45, 7) is 0. The van der Waals surface area contributed by atoms with Gasteiger partial charge in [-0.05, 0) is 30.3 Å². The highest BCUT2D eigenvalue weighted by molar-refractivity contribution is 5.89. The number of nitrogens with one attached hydrogen (secondary N) is 1. The summed E-state index contributed by atoms with van der Waals surface area (Å²) < 4.78 is 13.7. The highest BCUT2D eigenvalue weighted by Crippen LogP contribution is 2.08. The van der Waals surface area contributed by atoms with Crippen molar-refractivity contribution < 1.29 is 19.9 Å². The maximum absolute atomic E-state index is 12.9. The second-order valence-corrected chi connectivity index (χ2v) is 3.49. The van der Waals surface area contributed by atoms with Crippen molar-refractivity contribution in [1.82, 2.24) is 4.73 Å². The molecule has 6 nitrogen and oxygen atoms in total. The molecule has 0 radical (unpaired) electrons. The number of pyridine rings is 1. The quantitative estimate of drug-likeness (QED) is 0.756. The smallest absolute Gasteiger partial charge is 0.345 e. The molecule has 1 aromatic heterocycles. The molecule has 0 atom stereocenters. The average molecular weight is 265 g/mol. The summed E-state index contributed by atoms with van der Waals surface area (Å²) >= 11 is 0. The lowest BCUT2D eigenvalue weighted by atomic mass is 10.3. The molecule has 7 heteroatoms. The van der Waals surface area contributed by atoms with Gasteiger partial charge in [0.2, 0.25) is 0 Å². The van der Waals surface area contributed by atoms with Gasteiger partial charge in [-0.2, -0.15) is 4.99 Å². The lowest BCUT2D eigenvalue weighted by Gasteiger charge is -2.00. The Bertz CT molecular complexity index is 620. The number of carbonyl (C=O) groups excluding carboxylic acids is 1. The predicted molar refractivity (Wildman–Crippen MR) is 66.2 cm³/mol. The van der Waals surface area contributed by atoms with Crippen LogP contribution in [0.4, 0.5) is 14.9 Å². The van der Waals surface area contributed by atoms with Crippen molar-refractivity contribution in [1.29, 1.82) is 0 Å². The van der Waals surface area contributed by atoms with Gasteiger partial charge in [0.05, 0.1) is 5.36 Å². The Balaban J connectivity index is 0.00000180. The van der Waals surface area contributed by atoms with Crippen molar-refractivity contribution in [3.8, 4) is 0 Å². The fourth-order valence-electron chi connectivity index (χ4n) is 1.32. The van der Waals surface area contributed by atoms with Crippen LogP contribution in [0.2, 0.25) is 0 Å². The van der Waals surface area contributed by atoms with E-state index in [1.54, 1.807) is 6.07 Å². The van der Waals surface area contributed by atoms with E-state index in [4.69, 9.17) is 5.21 Å². The van der Waals surface area contributed by atoms with Crippen LogP contribution in [0.3, 0.4) is 0 Å². The van der Waals surface area contributed by atoms with E-state index in [0.717, 1.165) is 4.73 Å². The number of amides is 2. The maximum atomic E-state index is 12.9. The molecule has 1 aromatic carbocycles. The number of nitrogens with zero attached hydrogens (tertiary/aromatic N) is 2. The second-order valence-electron chi connectivity index (χ2n) is 3.49. The molecular weight excluding hydrogens is 253 g/mol. The summed E-state index contributed by atoms with van der Waals surface area (Å²) in [5.41, 5.74) is 0.330. The lowest BCUT2D eigenvalue weighted by Crippen LogP contribution is -2.13. The number of rotatable bonds is 1. The number of hydrogen-bond donors (Lipinski definition) is 2. The van der Waals surface area contributed by atoms with Gasteiger partial charge in [0, 0.05) is 18.1 Å². The highest BCUT2D eigenvalue weighted by Gasteiger charge is 2.00. The van der Waals surface area contributed by atoms with Gasteiger partial charge in [0.15, 0.2) is 0 Å². The number of carbonyl (C=O) groups is 1. The molecule has 0 aliphatic rings. The van der Waals surface area contributed by atoms with Crippen LogP contribution in [-0.4, -0.2) is 21.4 Å². The van der Waals surface area contributed by atoms with Gasteiger partial charge in [0.1, 0.15) is 5.82 Å². The van der Waals surface area contributed by atoms with Crippen LogP contribution in [0, 0.1) is 5.82 Å². The SMILES string of the molecule is O.O=C(N=c1ccn(O)cc1)Nc1cccc(F)c1. The largest absolute Gasteiger partial charge is 0.429 e. The summed E-state index contributed by atoms with van der Waals surface area (Å²) in [7, 11) is 0. The molecule has 0 unspecified atom stereocenters. The van der Waals surface area contributed by atoms with Crippen molar-refractivity contribution in [2.45, 2.75) is 0 Å². The van der Waals surface area contributed by atoms with Crippen LogP contribution >= 0.6 is 0 Å². The fraction of sp³-hybridized carbons (Fsp3) is 0. The summed E-state index contributed by atoms with van der Waals surface area (Å²) in [6, 6.07) is 7.84. The zero-order chi connectivity index (χ0) is 13.0. The van der Waals surface area contributed by atoms with E-state index in [0.29, 0.717) is 11.0 Å². The summed E-state index contributed by atoms with van der Waals surface area (Å²) in [5.74, 6) is -0.436. The maximum Gasteiger partial charge on any atom is 0.345 e. The third-order valence-electron chi connectivity index (χ3n) is 2.10. The molecule has 1 heterocycles. The molecule has 100 valence electrons. The van der Waals surface area contributed by atoms with Crippen LogP contribution in [0.15, 0.2) is 53.8 Å². The molecule has 0 bridgehead atoms. The number of anilines is 1. The van der Waals surface area contributed by atoms with E-state index in [9.17, 15) is 9.18 Å². The molecule has 4 N–H and O–H groups in total. The van der Waals surface area contributed by atoms with Crippen LogP contribution in [-0.2, 0) is 0 Å². The van der Waals surface area contributed by atoms with E-state index in [1.165, 1.54) is 42.7 Å². The number of halogens is 1. The third kappa shape index (κ3) is 4.25.